The van der Waals surface area contributed by atoms with E-state index >= 15 is 0 Å². The zero-order valence-corrected chi connectivity index (χ0v) is 6.54. The molecule has 52 valence electrons. The van der Waals surface area contributed by atoms with Gasteiger partial charge in [-0.2, -0.15) is 0 Å². The van der Waals surface area contributed by atoms with Crippen molar-refractivity contribution in [2.45, 2.75) is 0 Å². The molecule has 0 aromatic heterocycles. The van der Waals surface area contributed by atoms with Gasteiger partial charge in [0.2, 0.25) is 0 Å². The van der Waals surface area contributed by atoms with Gasteiger partial charge in [-0.25, -0.2) is 0 Å². The Kier molecular flexibility index (Phi) is 2.39. The van der Waals surface area contributed by atoms with Gasteiger partial charge in [0.15, 0.2) is 11.1 Å². The molecule has 10 heavy (non-hydrogen) atoms. The van der Waals surface area contributed by atoms with Crippen LogP contribution in [-0.4, -0.2) is 0 Å². The van der Waals surface area contributed by atoms with Crippen molar-refractivity contribution in [1.29, 1.82) is 0 Å². The largest absolute Gasteiger partial charge is 0.324 e. The van der Waals surface area contributed by atoms with Crippen molar-refractivity contribution < 1.29 is 4.84 Å². The van der Waals surface area contributed by atoms with E-state index in [1.807, 2.05) is 0 Å². The van der Waals surface area contributed by atoms with Crippen molar-refractivity contribution in [3.8, 4) is 5.75 Å². The summed E-state index contributed by atoms with van der Waals surface area (Å²) in [5.74, 6) is 0.443. The maximum absolute atomic E-state index is 9.58. The van der Waals surface area contributed by atoms with Gasteiger partial charge in [0.25, 0.3) is 0 Å². The fourth-order valence-electron chi connectivity index (χ4n) is 0.538. The van der Waals surface area contributed by atoms with Crippen molar-refractivity contribution in [3.05, 3.63) is 33.6 Å². The van der Waals surface area contributed by atoms with E-state index in [4.69, 9.17) is 0 Å². The van der Waals surface area contributed by atoms with E-state index in [9.17, 15) is 4.91 Å². The zero-order chi connectivity index (χ0) is 7.40. The lowest BCUT2D eigenvalue weighted by Gasteiger charge is -1.92. The molecule has 1 rings (SSSR count). The molecule has 0 heterocycles. The molecule has 0 amide bonds. The van der Waals surface area contributed by atoms with Crippen molar-refractivity contribution in [2.75, 3.05) is 0 Å². The summed E-state index contributed by atoms with van der Waals surface area (Å²) < 4.78 is 0.936. The smallest absolute Gasteiger partial charge is 0.161 e. The molecule has 0 saturated heterocycles. The number of halogens is 1. The molecule has 0 aliphatic carbocycles. The Morgan fingerprint density at radius 2 is 1.90 bits per heavy atom. The molecule has 0 aliphatic heterocycles. The minimum Gasteiger partial charge on any atom is -0.324 e. The summed E-state index contributed by atoms with van der Waals surface area (Å²) in [6.07, 6.45) is 0. The third-order valence-electron chi connectivity index (χ3n) is 0.956. The molecule has 0 unspecified atom stereocenters. The Bertz CT molecular complexity index is 222. The van der Waals surface area contributed by atoms with Crippen LogP contribution < -0.4 is 4.84 Å². The molecule has 0 bridgehead atoms. The standard InChI is InChI=1S/C6H4BrNO2/c7-5-1-3-6(4-2-5)10-8-9/h1-4H. The van der Waals surface area contributed by atoms with E-state index in [2.05, 4.69) is 26.1 Å². The van der Waals surface area contributed by atoms with Crippen LogP contribution in [0.25, 0.3) is 0 Å². The van der Waals surface area contributed by atoms with Crippen LogP contribution in [0.3, 0.4) is 0 Å². The Morgan fingerprint density at radius 3 is 2.40 bits per heavy atom. The molecule has 4 heteroatoms. The predicted molar refractivity (Wildman–Crippen MR) is 40.6 cm³/mol. The van der Waals surface area contributed by atoms with E-state index in [1.54, 1.807) is 24.3 Å². The molecule has 0 atom stereocenters. The SMILES string of the molecule is O=NOc1ccc(Br)cc1. The van der Waals surface area contributed by atoms with Crippen molar-refractivity contribution in [3.63, 3.8) is 0 Å². The van der Waals surface area contributed by atoms with Crippen molar-refractivity contribution >= 4 is 15.9 Å². The van der Waals surface area contributed by atoms with Crippen molar-refractivity contribution in [1.82, 2.24) is 0 Å². The molecule has 3 nitrogen and oxygen atoms in total. The van der Waals surface area contributed by atoms with E-state index in [-0.39, 0.29) is 0 Å². The molecule has 0 spiro atoms. The summed E-state index contributed by atoms with van der Waals surface area (Å²) in [6.45, 7) is 0. The normalized spacial score (nSPS) is 8.90. The van der Waals surface area contributed by atoms with Crippen LogP contribution in [0.1, 0.15) is 0 Å². The minimum atomic E-state index is 0.443. The zero-order valence-electron chi connectivity index (χ0n) is 4.95. The second-order valence-corrected chi connectivity index (χ2v) is 2.54. The van der Waals surface area contributed by atoms with E-state index in [0.717, 1.165) is 4.47 Å². The fourth-order valence-corrected chi connectivity index (χ4v) is 0.803. The van der Waals surface area contributed by atoms with Crippen LogP contribution in [0.2, 0.25) is 0 Å². The van der Waals surface area contributed by atoms with Gasteiger partial charge in [-0.15, -0.1) is 4.91 Å². The molecule has 0 fully saturated rings. The molecule has 1 aromatic carbocycles. The third-order valence-corrected chi connectivity index (χ3v) is 1.48. The van der Waals surface area contributed by atoms with E-state index in [0.29, 0.717) is 5.75 Å². The van der Waals surface area contributed by atoms with Gasteiger partial charge in [0.1, 0.15) is 0 Å². The number of nitrogens with zero attached hydrogens (tertiary/aromatic N) is 1. The Hall–Kier alpha value is -0.900. The second kappa shape index (κ2) is 3.31. The van der Waals surface area contributed by atoms with Gasteiger partial charge in [0.05, 0.1) is 0 Å². The summed E-state index contributed by atoms with van der Waals surface area (Å²) in [5, 5.41) is 2.27. The molecule has 0 radical (unpaired) electrons. The highest BCUT2D eigenvalue weighted by Gasteiger charge is 1.90. The molecule has 0 N–H and O–H groups in total. The minimum absolute atomic E-state index is 0.443. The first-order valence-corrected chi connectivity index (χ1v) is 3.37. The van der Waals surface area contributed by atoms with Crippen LogP contribution >= 0.6 is 15.9 Å². The van der Waals surface area contributed by atoms with Crippen LogP contribution in [0.4, 0.5) is 0 Å². The number of hydrogen-bond acceptors (Lipinski definition) is 3. The molecular weight excluding hydrogens is 198 g/mol. The van der Waals surface area contributed by atoms with Crippen LogP contribution in [0.5, 0.6) is 5.75 Å². The fraction of sp³-hybridized carbons (Fsp3) is 0. The number of benzene rings is 1. The quantitative estimate of drug-likeness (QED) is 0.545. The Balaban J connectivity index is 2.78. The van der Waals surface area contributed by atoms with Crippen LogP contribution in [0.15, 0.2) is 34.1 Å². The monoisotopic (exact) mass is 201 g/mol. The van der Waals surface area contributed by atoms with Gasteiger partial charge in [-0.3, -0.25) is 0 Å². The molecule has 1 aromatic rings. The van der Waals surface area contributed by atoms with E-state index in [1.165, 1.54) is 0 Å². The summed E-state index contributed by atoms with van der Waals surface area (Å²) in [4.78, 5) is 13.9. The average molecular weight is 202 g/mol. The molecular formula is C6H4BrNO2. The highest BCUT2D eigenvalue weighted by atomic mass is 79.9. The highest BCUT2D eigenvalue weighted by Crippen LogP contribution is 2.15. The maximum Gasteiger partial charge on any atom is 0.161 e. The number of rotatable bonds is 2. The first-order valence-electron chi connectivity index (χ1n) is 2.58. The second-order valence-electron chi connectivity index (χ2n) is 1.62. The maximum atomic E-state index is 9.58. The first kappa shape index (κ1) is 7.21. The predicted octanol–water partition coefficient (Wildman–Crippen LogP) is 2.51. The van der Waals surface area contributed by atoms with E-state index < -0.39 is 0 Å². The third kappa shape index (κ3) is 1.80. The Morgan fingerprint density at radius 1 is 1.30 bits per heavy atom. The summed E-state index contributed by atoms with van der Waals surface area (Å²) in [5.41, 5.74) is 0. The van der Waals surface area contributed by atoms with Crippen molar-refractivity contribution in [2.24, 2.45) is 5.34 Å². The van der Waals surface area contributed by atoms with Crippen LogP contribution in [0, 0.1) is 4.91 Å². The lowest BCUT2D eigenvalue weighted by atomic mass is 10.3. The highest BCUT2D eigenvalue weighted by molar-refractivity contribution is 9.10. The average Bonchev–Trinajstić information content (AvgIpc) is 1.95. The number of hydrogen-bond donors (Lipinski definition) is 0. The molecule has 0 aliphatic rings. The van der Waals surface area contributed by atoms with Gasteiger partial charge < -0.3 is 4.84 Å². The van der Waals surface area contributed by atoms with Gasteiger partial charge in [-0.05, 0) is 24.3 Å². The summed E-state index contributed by atoms with van der Waals surface area (Å²) in [7, 11) is 0. The topological polar surface area (TPSA) is 38.7 Å². The lowest BCUT2D eigenvalue weighted by molar-refractivity contribution is 0.335. The summed E-state index contributed by atoms with van der Waals surface area (Å²) in [6, 6.07) is 6.82. The van der Waals surface area contributed by atoms with Gasteiger partial charge >= 0.3 is 0 Å². The van der Waals surface area contributed by atoms with Gasteiger partial charge in [0, 0.05) is 4.47 Å². The Labute approximate surface area is 66.1 Å². The van der Waals surface area contributed by atoms with Crippen LogP contribution in [-0.2, 0) is 0 Å². The first-order chi connectivity index (χ1) is 4.83. The summed E-state index contributed by atoms with van der Waals surface area (Å²) >= 11 is 3.23. The molecule has 0 saturated carbocycles. The van der Waals surface area contributed by atoms with Gasteiger partial charge in [-0.1, -0.05) is 15.9 Å². The lowest BCUT2D eigenvalue weighted by Crippen LogP contribution is -1.77.